The van der Waals surface area contributed by atoms with E-state index in [1.165, 1.54) is 12.1 Å². The van der Waals surface area contributed by atoms with Crippen molar-refractivity contribution in [2.45, 2.75) is 68.8 Å². The van der Waals surface area contributed by atoms with Crippen LogP contribution in [-0.4, -0.2) is 44.2 Å². The Kier molecular flexibility index (Phi) is 8.85. The van der Waals surface area contributed by atoms with Gasteiger partial charge in [0.2, 0.25) is 15.9 Å². The fourth-order valence-electron chi connectivity index (χ4n) is 4.47. The van der Waals surface area contributed by atoms with Crippen LogP contribution in [0.5, 0.6) is 0 Å². The highest BCUT2D eigenvalue weighted by Crippen LogP contribution is 2.24. The van der Waals surface area contributed by atoms with E-state index in [0.717, 1.165) is 44.1 Å². The van der Waals surface area contributed by atoms with Crippen LogP contribution in [0.15, 0.2) is 52.5 Å². The van der Waals surface area contributed by atoms with Crippen LogP contribution < -0.4 is 16.3 Å². The lowest BCUT2D eigenvalue weighted by Gasteiger charge is -2.29. The van der Waals surface area contributed by atoms with Gasteiger partial charge in [-0.1, -0.05) is 44.4 Å². The summed E-state index contributed by atoms with van der Waals surface area (Å²) in [5, 5.41) is 3.31. The molecular weight excluding hydrogens is 469 g/mol. The van der Waals surface area contributed by atoms with Crippen molar-refractivity contribution in [2.24, 2.45) is 16.7 Å². The molecule has 0 bridgehead atoms. The van der Waals surface area contributed by atoms with Crippen LogP contribution >= 0.6 is 0 Å². The first-order valence-electron chi connectivity index (χ1n) is 11.9. The number of halogens is 1. The second-order valence-electron chi connectivity index (χ2n) is 8.99. The molecule has 0 aromatic heterocycles. The van der Waals surface area contributed by atoms with Crippen molar-refractivity contribution in [2.75, 3.05) is 7.05 Å². The van der Waals surface area contributed by atoms with E-state index in [0.29, 0.717) is 5.56 Å². The Balaban J connectivity index is 1.89. The van der Waals surface area contributed by atoms with Crippen LogP contribution in [0.4, 0.5) is 4.39 Å². The smallest absolute Gasteiger partial charge is 0.241 e. The van der Waals surface area contributed by atoms with E-state index in [1.54, 1.807) is 42.3 Å². The molecule has 3 rings (SSSR count). The number of benzene rings is 2. The minimum atomic E-state index is -4.00. The molecule has 0 heterocycles. The molecule has 2 aromatic rings. The number of aryl methyl sites for hydroxylation is 1. The summed E-state index contributed by atoms with van der Waals surface area (Å²) < 4.78 is 43.6. The highest BCUT2D eigenvalue weighted by molar-refractivity contribution is 7.89. The normalized spacial score (nSPS) is 15.8. The summed E-state index contributed by atoms with van der Waals surface area (Å²) in [6.45, 7) is 2.05. The summed E-state index contributed by atoms with van der Waals surface area (Å²) >= 11 is 0. The van der Waals surface area contributed by atoms with Gasteiger partial charge in [0.05, 0.1) is 10.5 Å². The van der Waals surface area contributed by atoms with Gasteiger partial charge < -0.3 is 16.5 Å². The number of amides is 1. The number of sulfonamides is 1. The van der Waals surface area contributed by atoms with Crippen LogP contribution in [0.1, 0.15) is 55.7 Å². The maximum absolute atomic E-state index is 14.6. The number of nitrogens with two attached hydrogens (primary N) is 2. The van der Waals surface area contributed by atoms with E-state index >= 15 is 0 Å². The van der Waals surface area contributed by atoms with Crippen LogP contribution in [0.25, 0.3) is 0 Å². The van der Waals surface area contributed by atoms with Crippen molar-refractivity contribution < 1.29 is 17.6 Å². The number of hydrazone groups is 1. The fourth-order valence-corrected chi connectivity index (χ4v) is 5.66. The Morgan fingerprint density at radius 3 is 2.37 bits per heavy atom. The standard InChI is InChI=1S/C25H34FN5O3S/c1-3-6-17-9-12-20(13-10-17)35(33,34)30-23(25(32)31(2)19-7-4-5-8-19)16-18-11-14-21(22(26)15-18)24(27)29-28/h9-15,19,23,30H,3-8,16,28H2,1-2H3,(H2,27,29)/t23-/m0/s1. The Labute approximate surface area is 206 Å². The maximum atomic E-state index is 14.6. The molecule has 1 atom stereocenters. The zero-order valence-electron chi connectivity index (χ0n) is 20.2. The van der Waals surface area contributed by atoms with E-state index in [1.807, 2.05) is 0 Å². The van der Waals surface area contributed by atoms with E-state index in [9.17, 15) is 17.6 Å². The first-order chi connectivity index (χ1) is 16.7. The SMILES string of the molecule is CCCc1ccc(S(=O)(=O)N[C@@H](Cc2ccc(/C(N)=N/N)c(F)c2)C(=O)N(C)C2CCCC2)cc1. The Hall–Kier alpha value is -2.98. The molecule has 0 saturated heterocycles. The number of hydrogen-bond donors (Lipinski definition) is 3. The molecule has 5 N–H and O–H groups in total. The summed E-state index contributed by atoms with van der Waals surface area (Å²) in [4.78, 5) is 15.1. The van der Waals surface area contributed by atoms with Gasteiger partial charge in [-0.25, -0.2) is 12.8 Å². The molecule has 10 heteroatoms. The van der Waals surface area contributed by atoms with Gasteiger partial charge in [0.25, 0.3) is 0 Å². The lowest BCUT2D eigenvalue weighted by molar-refractivity contribution is -0.133. The van der Waals surface area contributed by atoms with Gasteiger partial charge >= 0.3 is 0 Å². The zero-order valence-corrected chi connectivity index (χ0v) is 21.0. The molecule has 2 aromatic carbocycles. The molecule has 0 radical (unpaired) electrons. The minimum Gasteiger partial charge on any atom is -0.382 e. The Bertz CT molecular complexity index is 1160. The van der Waals surface area contributed by atoms with Gasteiger partial charge in [0.1, 0.15) is 11.9 Å². The predicted molar refractivity (Wildman–Crippen MR) is 135 cm³/mol. The van der Waals surface area contributed by atoms with Crippen molar-refractivity contribution in [1.82, 2.24) is 9.62 Å². The molecule has 35 heavy (non-hydrogen) atoms. The van der Waals surface area contributed by atoms with E-state index in [4.69, 9.17) is 11.6 Å². The number of hydrogen-bond acceptors (Lipinski definition) is 5. The Morgan fingerprint density at radius 2 is 1.80 bits per heavy atom. The van der Waals surface area contributed by atoms with Crippen LogP contribution in [0, 0.1) is 5.82 Å². The average Bonchev–Trinajstić information content (AvgIpc) is 3.38. The monoisotopic (exact) mass is 503 g/mol. The molecular formula is C25H34FN5O3S. The van der Waals surface area contributed by atoms with Gasteiger partial charge in [-0.2, -0.15) is 9.82 Å². The van der Waals surface area contributed by atoms with E-state index in [-0.39, 0.29) is 34.7 Å². The molecule has 1 amide bonds. The molecule has 190 valence electrons. The number of nitrogens with zero attached hydrogens (tertiary/aromatic N) is 2. The highest BCUT2D eigenvalue weighted by Gasteiger charge is 2.32. The summed E-state index contributed by atoms with van der Waals surface area (Å²) in [7, 11) is -2.30. The number of likely N-dealkylation sites (N-methyl/N-ethyl adjacent to an activating group) is 1. The molecule has 0 unspecified atom stereocenters. The molecule has 0 spiro atoms. The molecule has 1 saturated carbocycles. The molecule has 0 aliphatic heterocycles. The van der Waals surface area contributed by atoms with Gasteiger partial charge in [0, 0.05) is 13.1 Å². The van der Waals surface area contributed by atoms with Crippen molar-refractivity contribution in [3.63, 3.8) is 0 Å². The number of carbonyl (C=O) groups is 1. The summed E-state index contributed by atoms with van der Waals surface area (Å²) in [5.74, 6) is 3.98. The lowest BCUT2D eigenvalue weighted by atomic mass is 10.0. The third-order valence-electron chi connectivity index (χ3n) is 6.48. The maximum Gasteiger partial charge on any atom is 0.241 e. The second-order valence-corrected chi connectivity index (χ2v) is 10.7. The zero-order chi connectivity index (χ0) is 25.6. The average molecular weight is 504 g/mol. The largest absolute Gasteiger partial charge is 0.382 e. The topological polar surface area (TPSA) is 131 Å². The third kappa shape index (κ3) is 6.58. The number of amidine groups is 1. The predicted octanol–water partition coefficient (Wildman–Crippen LogP) is 2.65. The summed E-state index contributed by atoms with van der Waals surface area (Å²) in [6.07, 6.45) is 5.58. The van der Waals surface area contributed by atoms with Crippen LogP contribution in [-0.2, 0) is 27.7 Å². The van der Waals surface area contributed by atoms with Crippen molar-refractivity contribution in [1.29, 1.82) is 0 Å². The minimum absolute atomic E-state index is 0.0279. The van der Waals surface area contributed by atoms with Crippen LogP contribution in [0.2, 0.25) is 0 Å². The lowest BCUT2D eigenvalue weighted by Crippen LogP contribution is -2.50. The van der Waals surface area contributed by atoms with Crippen molar-refractivity contribution in [3.05, 3.63) is 65.0 Å². The van der Waals surface area contributed by atoms with Gasteiger partial charge in [-0.05, 0) is 61.1 Å². The number of carbonyl (C=O) groups excluding carboxylic acids is 1. The van der Waals surface area contributed by atoms with Gasteiger partial charge in [-0.3, -0.25) is 4.79 Å². The van der Waals surface area contributed by atoms with E-state index < -0.39 is 21.9 Å². The summed E-state index contributed by atoms with van der Waals surface area (Å²) in [5.41, 5.74) is 7.13. The highest BCUT2D eigenvalue weighted by atomic mass is 32.2. The van der Waals surface area contributed by atoms with Crippen molar-refractivity contribution >= 4 is 21.8 Å². The Morgan fingerprint density at radius 1 is 1.17 bits per heavy atom. The van der Waals surface area contributed by atoms with Crippen molar-refractivity contribution in [3.8, 4) is 0 Å². The van der Waals surface area contributed by atoms with Crippen LogP contribution in [0.3, 0.4) is 0 Å². The second kappa shape index (κ2) is 11.6. The molecule has 1 aliphatic carbocycles. The third-order valence-corrected chi connectivity index (χ3v) is 7.96. The first kappa shape index (κ1) is 26.6. The van der Waals surface area contributed by atoms with Gasteiger partial charge in [-0.15, -0.1) is 0 Å². The molecule has 8 nitrogen and oxygen atoms in total. The quantitative estimate of drug-likeness (QED) is 0.199. The number of nitrogens with one attached hydrogen (secondary N) is 1. The molecule has 1 aliphatic rings. The molecule has 1 fully saturated rings. The fraction of sp³-hybridized carbons (Fsp3) is 0.440. The van der Waals surface area contributed by atoms with E-state index in [2.05, 4.69) is 16.7 Å². The number of rotatable bonds is 10. The first-order valence-corrected chi connectivity index (χ1v) is 13.3. The van der Waals surface area contributed by atoms with Gasteiger partial charge in [0.15, 0.2) is 5.84 Å². The summed E-state index contributed by atoms with van der Waals surface area (Å²) in [6, 6.07) is 9.80.